The van der Waals surface area contributed by atoms with Gasteiger partial charge in [0.15, 0.2) is 0 Å². The highest BCUT2D eigenvalue weighted by atomic mass is 32.2. The van der Waals surface area contributed by atoms with Crippen molar-refractivity contribution in [2.75, 3.05) is 22.9 Å². The van der Waals surface area contributed by atoms with Gasteiger partial charge in [0, 0.05) is 24.3 Å². The van der Waals surface area contributed by atoms with Gasteiger partial charge in [-0.15, -0.1) is 0 Å². The fourth-order valence-electron chi connectivity index (χ4n) is 4.21. The molecule has 0 aliphatic carbocycles. The van der Waals surface area contributed by atoms with E-state index < -0.39 is 10.0 Å². The fraction of sp³-hybridized carbons (Fsp3) is 0.269. The second-order valence-corrected chi connectivity index (χ2v) is 10.2. The Bertz CT molecular complexity index is 1290. The van der Waals surface area contributed by atoms with Crippen molar-refractivity contribution in [3.05, 3.63) is 83.4 Å². The van der Waals surface area contributed by atoms with Crippen LogP contribution in [0.1, 0.15) is 35.3 Å². The van der Waals surface area contributed by atoms with Crippen LogP contribution in [0.5, 0.6) is 5.75 Å². The van der Waals surface area contributed by atoms with E-state index in [1.807, 2.05) is 45.0 Å². The van der Waals surface area contributed by atoms with Crippen LogP contribution in [-0.4, -0.2) is 34.0 Å². The second kappa shape index (κ2) is 8.90. The molecule has 1 atom stereocenters. The Labute approximate surface area is 195 Å². The minimum absolute atomic E-state index is 0.00101. The fourth-order valence-corrected chi connectivity index (χ4v) is 5.43. The summed E-state index contributed by atoms with van der Waals surface area (Å²) in [6.07, 6.45) is 0.777. The van der Waals surface area contributed by atoms with E-state index in [0.717, 1.165) is 23.2 Å². The number of fused-ring (bicyclic) bond motifs is 1. The lowest BCUT2D eigenvalue weighted by molar-refractivity contribution is 0.0980. The predicted molar refractivity (Wildman–Crippen MR) is 131 cm³/mol. The maximum absolute atomic E-state index is 13.6. The maximum atomic E-state index is 13.6. The number of para-hydroxylation sites is 1. The summed E-state index contributed by atoms with van der Waals surface area (Å²) >= 11 is 0. The third kappa shape index (κ3) is 4.20. The summed E-state index contributed by atoms with van der Waals surface area (Å²) in [6, 6.07) is 19.5. The van der Waals surface area contributed by atoms with Crippen LogP contribution in [0.2, 0.25) is 0 Å². The van der Waals surface area contributed by atoms with Crippen LogP contribution >= 0.6 is 0 Å². The van der Waals surface area contributed by atoms with E-state index >= 15 is 0 Å². The Morgan fingerprint density at radius 2 is 1.79 bits per heavy atom. The lowest BCUT2D eigenvalue weighted by Gasteiger charge is -2.25. The first-order chi connectivity index (χ1) is 15.7. The Kier molecular flexibility index (Phi) is 6.17. The number of hydrogen-bond acceptors (Lipinski definition) is 4. The molecule has 0 aromatic heterocycles. The van der Waals surface area contributed by atoms with Crippen LogP contribution in [0.4, 0.5) is 11.4 Å². The number of nitrogens with zero attached hydrogens (tertiary/aromatic N) is 2. The average Bonchev–Trinajstić information content (AvgIpc) is 3.14. The number of amides is 1. The molecule has 3 aromatic rings. The van der Waals surface area contributed by atoms with Gasteiger partial charge in [-0.05, 0) is 80.8 Å². The standard InChI is InChI=1S/C26H28N2O4S/c1-5-32-22-13-11-21(12-14-22)27(4)33(30,31)23-15-10-18(2)24(17-23)26(29)28-19(3)16-20-8-6-7-9-25(20)28/h6-15,17,19H,5,16H2,1-4H3/t19-/m1/s1. The summed E-state index contributed by atoms with van der Waals surface area (Å²) in [5.41, 5.74) is 3.64. The topological polar surface area (TPSA) is 66.9 Å². The quantitative estimate of drug-likeness (QED) is 0.525. The molecule has 3 aromatic carbocycles. The normalized spacial score (nSPS) is 15.3. The van der Waals surface area contributed by atoms with Gasteiger partial charge in [0.25, 0.3) is 15.9 Å². The number of ether oxygens (including phenoxy) is 1. The number of benzene rings is 3. The Balaban J connectivity index is 1.67. The predicted octanol–water partition coefficient (Wildman–Crippen LogP) is 4.81. The van der Waals surface area contributed by atoms with Crippen LogP contribution in [-0.2, 0) is 16.4 Å². The lowest BCUT2D eigenvalue weighted by atomic mass is 10.1. The molecule has 0 radical (unpaired) electrons. The smallest absolute Gasteiger partial charge is 0.264 e. The van der Waals surface area contributed by atoms with Gasteiger partial charge in [0.1, 0.15) is 5.75 Å². The summed E-state index contributed by atoms with van der Waals surface area (Å²) < 4.78 is 33.4. The van der Waals surface area contributed by atoms with E-state index in [1.54, 1.807) is 41.3 Å². The molecule has 33 heavy (non-hydrogen) atoms. The molecular weight excluding hydrogens is 436 g/mol. The van der Waals surface area contributed by atoms with Crippen LogP contribution in [0.25, 0.3) is 0 Å². The number of carbonyl (C=O) groups excluding carboxylic acids is 1. The monoisotopic (exact) mass is 464 g/mol. The highest BCUT2D eigenvalue weighted by Crippen LogP contribution is 2.34. The van der Waals surface area contributed by atoms with Crippen molar-refractivity contribution in [1.82, 2.24) is 0 Å². The zero-order chi connectivity index (χ0) is 23.8. The van der Waals surface area contributed by atoms with Gasteiger partial charge in [-0.2, -0.15) is 0 Å². The molecule has 1 aliphatic rings. The zero-order valence-electron chi connectivity index (χ0n) is 19.3. The summed E-state index contributed by atoms with van der Waals surface area (Å²) in [4.78, 5) is 15.4. The van der Waals surface area contributed by atoms with Gasteiger partial charge in [-0.1, -0.05) is 24.3 Å². The van der Waals surface area contributed by atoms with Crippen molar-refractivity contribution in [1.29, 1.82) is 0 Å². The first-order valence-electron chi connectivity index (χ1n) is 11.0. The van der Waals surface area contributed by atoms with Crippen molar-refractivity contribution in [2.24, 2.45) is 0 Å². The molecule has 4 rings (SSSR count). The number of carbonyl (C=O) groups is 1. The van der Waals surface area contributed by atoms with E-state index in [-0.39, 0.29) is 16.8 Å². The molecule has 0 saturated carbocycles. The van der Waals surface area contributed by atoms with Crippen LogP contribution in [0.3, 0.4) is 0 Å². The largest absolute Gasteiger partial charge is 0.494 e. The molecule has 0 unspecified atom stereocenters. The van der Waals surface area contributed by atoms with Gasteiger partial charge in [-0.3, -0.25) is 9.10 Å². The highest BCUT2D eigenvalue weighted by Gasteiger charge is 2.33. The van der Waals surface area contributed by atoms with Crippen LogP contribution in [0, 0.1) is 6.92 Å². The van der Waals surface area contributed by atoms with Crippen molar-refractivity contribution in [3.63, 3.8) is 0 Å². The van der Waals surface area contributed by atoms with Crippen LogP contribution in [0.15, 0.2) is 71.6 Å². The molecule has 0 spiro atoms. The molecule has 6 nitrogen and oxygen atoms in total. The molecule has 1 amide bonds. The van der Waals surface area contributed by atoms with Crippen molar-refractivity contribution in [2.45, 2.75) is 38.1 Å². The first-order valence-corrected chi connectivity index (χ1v) is 12.4. The van der Waals surface area contributed by atoms with E-state index in [4.69, 9.17) is 4.74 Å². The molecular formula is C26H28N2O4S. The number of aryl methyl sites for hydroxylation is 1. The zero-order valence-corrected chi connectivity index (χ0v) is 20.1. The molecule has 1 aliphatic heterocycles. The van der Waals surface area contributed by atoms with Gasteiger partial charge in [-0.25, -0.2) is 8.42 Å². The van der Waals surface area contributed by atoms with E-state index in [1.165, 1.54) is 17.4 Å². The van der Waals surface area contributed by atoms with E-state index in [2.05, 4.69) is 0 Å². The number of rotatable bonds is 6. The SMILES string of the molecule is CCOc1ccc(N(C)S(=O)(=O)c2ccc(C)c(C(=O)N3c4ccccc4C[C@H]3C)c2)cc1. The third-order valence-electron chi connectivity index (χ3n) is 6.04. The van der Waals surface area contributed by atoms with Crippen LogP contribution < -0.4 is 13.9 Å². The minimum atomic E-state index is -3.87. The third-order valence-corrected chi connectivity index (χ3v) is 7.82. The second-order valence-electron chi connectivity index (χ2n) is 8.23. The Hall–Kier alpha value is -3.32. The molecule has 0 bridgehead atoms. The molecule has 172 valence electrons. The van der Waals surface area contributed by atoms with Gasteiger partial charge >= 0.3 is 0 Å². The summed E-state index contributed by atoms with van der Waals surface area (Å²) in [5.74, 6) is 0.487. The van der Waals surface area contributed by atoms with Gasteiger partial charge in [0.2, 0.25) is 0 Å². The van der Waals surface area contributed by atoms with Crippen molar-refractivity contribution in [3.8, 4) is 5.75 Å². The minimum Gasteiger partial charge on any atom is -0.494 e. The molecule has 7 heteroatoms. The van der Waals surface area contributed by atoms with Gasteiger partial charge in [0.05, 0.1) is 17.2 Å². The number of hydrogen-bond donors (Lipinski definition) is 0. The van der Waals surface area contributed by atoms with Crippen molar-refractivity contribution >= 4 is 27.3 Å². The maximum Gasteiger partial charge on any atom is 0.264 e. The Morgan fingerprint density at radius 3 is 2.48 bits per heavy atom. The van der Waals surface area contributed by atoms with Crippen molar-refractivity contribution < 1.29 is 17.9 Å². The summed E-state index contributed by atoms with van der Waals surface area (Å²) in [6.45, 7) is 6.26. The van der Waals surface area contributed by atoms with Gasteiger partial charge < -0.3 is 9.64 Å². The Morgan fingerprint density at radius 1 is 1.09 bits per heavy atom. The number of anilines is 2. The molecule has 1 heterocycles. The molecule has 0 fully saturated rings. The average molecular weight is 465 g/mol. The lowest BCUT2D eigenvalue weighted by Crippen LogP contribution is -2.36. The molecule has 0 saturated heterocycles. The van der Waals surface area contributed by atoms with E-state index in [9.17, 15) is 13.2 Å². The van der Waals surface area contributed by atoms with E-state index in [0.29, 0.717) is 23.6 Å². The summed E-state index contributed by atoms with van der Waals surface area (Å²) in [5, 5.41) is 0. The summed E-state index contributed by atoms with van der Waals surface area (Å²) in [7, 11) is -2.36. The first kappa shape index (κ1) is 22.9. The number of sulfonamides is 1. The molecule has 0 N–H and O–H groups in total. The highest BCUT2D eigenvalue weighted by molar-refractivity contribution is 7.92.